The molecule has 112 valence electrons. The first-order chi connectivity index (χ1) is 10.2. The lowest BCUT2D eigenvalue weighted by atomic mass is 9.99. The molecule has 0 radical (unpaired) electrons. The SMILES string of the molecule is CC[NH+](CC)CC#CCN1CC(c2ccccc2)CC1=O. The van der Waals surface area contributed by atoms with Crippen LogP contribution in [0.3, 0.4) is 0 Å². The molecule has 1 aliphatic heterocycles. The Morgan fingerprint density at radius 1 is 1.19 bits per heavy atom. The second-order valence-corrected chi connectivity index (χ2v) is 5.57. The van der Waals surface area contributed by atoms with Gasteiger partial charge < -0.3 is 9.80 Å². The van der Waals surface area contributed by atoms with Crippen molar-refractivity contribution in [1.82, 2.24) is 4.90 Å². The van der Waals surface area contributed by atoms with Crippen molar-refractivity contribution >= 4 is 5.91 Å². The summed E-state index contributed by atoms with van der Waals surface area (Å²) in [5, 5.41) is 0. The molecule has 1 aromatic rings. The Morgan fingerprint density at radius 3 is 2.57 bits per heavy atom. The molecule has 1 saturated heterocycles. The van der Waals surface area contributed by atoms with Crippen LogP contribution < -0.4 is 4.90 Å². The molecule has 1 heterocycles. The summed E-state index contributed by atoms with van der Waals surface area (Å²) in [4.78, 5) is 15.4. The van der Waals surface area contributed by atoms with Crippen LogP contribution in [-0.4, -0.2) is 43.5 Å². The van der Waals surface area contributed by atoms with Crippen LogP contribution in [0.1, 0.15) is 31.7 Å². The van der Waals surface area contributed by atoms with E-state index < -0.39 is 0 Å². The third-order valence-corrected chi connectivity index (χ3v) is 4.22. The van der Waals surface area contributed by atoms with Crippen LogP contribution in [0, 0.1) is 11.8 Å². The van der Waals surface area contributed by atoms with Crippen molar-refractivity contribution in [2.75, 3.05) is 32.7 Å². The van der Waals surface area contributed by atoms with E-state index in [9.17, 15) is 4.79 Å². The topological polar surface area (TPSA) is 24.8 Å². The van der Waals surface area contributed by atoms with Gasteiger partial charge in [0.05, 0.1) is 19.6 Å². The van der Waals surface area contributed by atoms with Gasteiger partial charge in [-0.3, -0.25) is 4.79 Å². The summed E-state index contributed by atoms with van der Waals surface area (Å²) in [7, 11) is 0. The number of rotatable bonds is 5. The lowest BCUT2D eigenvalue weighted by Gasteiger charge is -2.13. The summed E-state index contributed by atoms with van der Waals surface area (Å²) in [5.41, 5.74) is 1.26. The maximum absolute atomic E-state index is 12.1. The minimum atomic E-state index is 0.230. The van der Waals surface area contributed by atoms with Crippen LogP contribution in [0.25, 0.3) is 0 Å². The van der Waals surface area contributed by atoms with Gasteiger partial charge in [-0.1, -0.05) is 36.3 Å². The van der Waals surface area contributed by atoms with Gasteiger partial charge >= 0.3 is 0 Å². The Morgan fingerprint density at radius 2 is 1.90 bits per heavy atom. The largest absolute Gasteiger partial charge is 0.331 e. The van der Waals surface area contributed by atoms with E-state index in [2.05, 4.69) is 37.8 Å². The molecule has 1 amide bonds. The van der Waals surface area contributed by atoms with Crippen molar-refractivity contribution in [2.24, 2.45) is 0 Å². The third kappa shape index (κ3) is 4.34. The van der Waals surface area contributed by atoms with Gasteiger partial charge in [0.25, 0.3) is 0 Å². The second-order valence-electron chi connectivity index (χ2n) is 5.57. The Kier molecular flexibility index (Phi) is 5.83. The van der Waals surface area contributed by atoms with E-state index in [-0.39, 0.29) is 5.91 Å². The molecule has 0 bridgehead atoms. The van der Waals surface area contributed by atoms with Crippen LogP contribution >= 0.6 is 0 Å². The first-order valence-electron chi connectivity index (χ1n) is 7.86. The zero-order valence-electron chi connectivity index (χ0n) is 13.1. The number of amides is 1. The van der Waals surface area contributed by atoms with Gasteiger partial charge in [-0.15, -0.1) is 0 Å². The number of benzene rings is 1. The molecule has 21 heavy (non-hydrogen) atoms. The van der Waals surface area contributed by atoms with Crippen molar-refractivity contribution < 1.29 is 9.69 Å². The molecule has 1 aromatic carbocycles. The first kappa shape index (κ1) is 15.6. The Balaban J connectivity index is 1.85. The summed E-state index contributed by atoms with van der Waals surface area (Å²) in [6, 6.07) is 10.3. The van der Waals surface area contributed by atoms with Gasteiger partial charge in [-0.25, -0.2) is 0 Å². The van der Waals surface area contributed by atoms with Crippen LogP contribution in [-0.2, 0) is 4.79 Å². The lowest BCUT2D eigenvalue weighted by molar-refractivity contribution is -0.889. The molecule has 1 atom stereocenters. The van der Waals surface area contributed by atoms with E-state index >= 15 is 0 Å². The van der Waals surface area contributed by atoms with Gasteiger partial charge in [0.1, 0.15) is 6.54 Å². The third-order valence-electron chi connectivity index (χ3n) is 4.22. The molecule has 0 aliphatic carbocycles. The Hall–Kier alpha value is -1.79. The highest BCUT2D eigenvalue weighted by Crippen LogP contribution is 2.27. The van der Waals surface area contributed by atoms with Crippen molar-refractivity contribution in [3.63, 3.8) is 0 Å². The fourth-order valence-corrected chi connectivity index (χ4v) is 2.71. The maximum Gasteiger partial charge on any atom is 0.224 e. The smallest absolute Gasteiger partial charge is 0.224 e. The number of nitrogens with one attached hydrogen (secondary N) is 1. The summed E-state index contributed by atoms with van der Waals surface area (Å²) in [6.45, 7) is 8.80. The predicted octanol–water partition coefficient (Wildman–Crippen LogP) is 0.931. The van der Waals surface area contributed by atoms with Crippen LogP contribution in [0.2, 0.25) is 0 Å². The average Bonchev–Trinajstić information content (AvgIpc) is 2.89. The second kappa shape index (κ2) is 7.85. The molecule has 1 fully saturated rings. The van der Waals surface area contributed by atoms with Crippen LogP contribution in [0.15, 0.2) is 30.3 Å². The molecule has 1 unspecified atom stereocenters. The van der Waals surface area contributed by atoms with E-state index in [1.165, 1.54) is 10.5 Å². The number of hydrogen-bond acceptors (Lipinski definition) is 1. The Bertz CT molecular complexity index is 511. The van der Waals surface area contributed by atoms with E-state index in [1.54, 1.807) is 0 Å². The van der Waals surface area contributed by atoms with Crippen molar-refractivity contribution in [1.29, 1.82) is 0 Å². The van der Waals surface area contributed by atoms with Crippen LogP contribution in [0.5, 0.6) is 0 Å². The number of carbonyl (C=O) groups excluding carboxylic acids is 1. The van der Waals surface area contributed by atoms with E-state index in [1.807, 2.05) is 23.1 Å². The lowest BCUT2D eigenvalue weighted by Crippen LogP contribution is -3.11. The fraction of sp³-hybridized carbons (Fsp3) is 0.500. The maximum atomic E-state index is 12.1. The van der Waals surface area contributed by atoms with Gasteiger partial charge in [0.15, 0.2) is 0 Å². The summed E-state index contributed by atoms with van der Waals surface area (Å²) >= 11 is 0. The van der Waals surface area contributed by atoms with E-state index in [0.29, 0.717) is 18.9 Å². The quantitative estimate of drug-likeness (QED) is 0.800. The van der Waals surface area contributed by atoms with Crippen molar-refractivity contribution in [2.45, 2.75) is 26.2 Å². The molecule has 0 aromatic heterocycles. The zero-order valence-corrected chi connectivity index (χ0v) is 13.1. The van der Waals surface area contributed by atoms with E-state index in [0.717, 1.165) is 26.2 Å². The van der Waals surface area contributed by atoms with E-state index in [4.69, 9.17) is 0 Å². The molecule has 1 N–H and O–H groups in total. The number of hydrogen-bond donors (Lipinski definition) is 1. The summed E-state index contributed by atoms with van der Waals surface area (Å²) < 4.78 is 0. The molecule has 0 saturated carbocycles. The molecule has 0 spiro atoms. The molecule has 2 rings (SSSR count). The highest BCUT2D eigenvalue weighted by atomic mass is 16.2. The molecular formula is C18H25N2O+. The molecule has 3 heteroatoms. The Labute approximate surface area is 127 Å². The highest BCUT2D eigenvalue weighted by Gasteiger charge is 2.29. The minimum Gasteiger partial charge on any atom is -0.331 e. The normalized spacial score (nSPS) is 18.0. The predicted molar refractivity (Wildman–Crippen MR) is 85.1 cm³/mol. The molecule has 3 nitrogen and oxygen atoms in total. The molecule has 1 aliphatic rings. The summed E-state index contributed by atoms with van der Waals surface area (Å²) in [5.74, 6) is 6.93. The highest BCUT2D eigenvalue weighted by molar-refractivity contribution is 5.80. The van der Waals surface area contributed by atoms with Gasteiger partial charge in [-0.2, -0.15) is 0 Å². The van der Waals surface area contributed by atoms with Gasteiger partial charge in [0.2, 0.25) is 5.91 Å². The number of carbonyl (C=O) groups is 1. The fourth-order valence-electron chi connectivity index (χ4n) is 2.71. The number of quaternary nitrogens is 1. The molecular weight excluding hydrogens is 260 g/mol. The average molecular weight is 285 g/mol. The number of nitrogens with zero attached hydrogens (tertiary/aromatic N) is 1. The summed E-state index contributed by atoms with van der Waals surface area (Å²) in [6.07, 6.45) is 0.618. The standard InChI is InChI=1S/C18H24N2O/c1-3-19(4-2)12-8-9-13-20-15-17(14-18(20)21)16-10-6-5-7-11-16/h5-7,10-11,17H,3-4,12-15H2,1-2H3/p+1. The van der Waals surface area contributed by atoms with Gasteiger partial charge in [-0.05, 0) is 25.3 Å². The monoisotopic (exact) mass is 285 g/mol. The van der Waals surface area contributed by atoms with Crippen molar-refractivity contribution in [3.8, 4) is 11.8 Å². The van der Waals surface area contributed by atoms with Crippen LogP contribution in [0.4, 0.5) is 0 Å². The zero-order chi connectivity index (χ0) is 15.1. The minimum absolute atomic E-state index is 0.230. The van der Waals surface area contributed by atoms with Crippen molar-refractivity contribution in [3.05, 3.63) is 35.9 Å². The van der Waals surface area contributed by atoms with Gasteiger partial charge in [0, 0.05) is 18.9 Å². The first-order valence-corrected chi connectivity index (χ1v) is 7.86. The number of likely N-dealkylation sites (tertiary alicyclic amines) is 1.